The van der Waals surface area contributed by atoms with Crippen LogP contribution in [0.3, 0.4) is 0 Å². The number of carbonyl (C=O) groups is 3. The van der Waals surface area contributed by atoms with E-state index in [9.17, 15) is 27.6 Å². The van der Waals surface area contributed by atoms with E-state index in [1.165, 1.54) is 28.0 Å². The van der Waals surface area contributed by atoms with Crippen LogP contribution in [0, 0.1) is 0 Å². The van der Waals surface area contributed by atoms with Gasteiger partial charge in [-0.1, -0.05) is 59.8 Å². The number of carbonyl (C=O) groups excluding carboxylic acids is 3. The fraction of sp³-hybridized carbons (Fsp3) is 0.226. The van der Waals surface area contributed by atoms with Crippen molar-refractivity contribution in [3.8, 4) is 17.1 Å². The highest BCUT2D eigenvalue weighted by Gasteiger charge is 2.36. The molecular weight excluding hydrogens is 565 g/mol. The maximum absolute atomic E-state index is 13.3. The number of nitrogens with zero attached hydrogens (tertiary/aromatic N) is 3. The van der Waals surface area contributed by atoms with Crippen LogP contribution in [0.4, 0.5) is 13.2 Å². The lowest BCUT2D eigenvalue weighted by Crippen LogP contribution is -2.52. The van der Waals surface area contributed by atoms with E-state index in [4.69, 9.17) is 9.26 Å². The Kier molecular flexibility index (Phi) is 8.74. The standard InChI is InChI=1S/C31H27F3N4O5/c32-31(33,34)25-12-5-4-11-24(25)30(41)38-15-13-37(14-16-38)28(39)19-35-29(40)26-18-27(43-36-26)22-9-6-10-23(17-22)42-20-21-7-2-1-3-8-21/h1-12,17-18H,13-16,19-20H2,(H,35,40). The fourth-order valence-electron chi connectivity index (χ4n) is 4.60. The highest BCUT2D eigenvalue weighted by molar-refractivity contribution is 5.97. The van der Waals surface area contributed by atoms with Crippen molar-refractivity contribution in [2.75, 3.05) is 32.7 Å². The number of amides is 3. The highest BCUT2D eigenvalue weighted by Crippen LogP contribution is 2.32. The van der Waals surface area contributed by atoms with Crippen LogP contribution < -0.4 is 10.1 Å². The zero-order chi connectivity index (χ0) is 30.4. The first-order valence-corrected chi connectivity index (χ1v) is 13.4. The number of ether oxygens (including phenoxy) is 1. The van der Waals surface area contributed by atoms with Crippen LogP contribution in [0.15, 0.2) is 89.5 Å². The summed E-state index contributed by atoms with van der Waals surface area (Å²) in [6.45, 7) is 0.419. The number of nitrogens with one attached hydrogen (secondary N) is 1. The Morgan fingerprint density at radius 3 is 2.30 bits per heavy atom. The first-order chi connectivity index (χ1) is 20.7. The van der Waals surface area contributed by atoms with Crippen LogP contribution in [0.1, 0.15) is 32.0 Å². The average Bonchev–Trinajstić information content (AvgIpc) is 3.53. The van der Waals surface area contributed by atoms with Gasteiger partial charge in [-0.15, -0.1) is 0 Å². The molecular formula is C31H27F3N4O5. The molecule has 0 saturated carbocycles. The molecule has 222 valence electrons. The predicted octanol–water partition coefficient (Wildman–Crippen LogP) is 4.65. The molecule has 1 aliphatic rings. The minimum absolute atomic E-state index is 0.0165. The van der Waals surface area contributed by atoms with Gasteiger partial charge in [-0.25, -0.2) is 0 Å². The molecule has 3 aromatic carbocycles. The molecule has 1 aliphatic heterocycles. The second kappa shape index (κ2) is 12.8. The number of alkyl halides is 3. The van der Waals surface area contributed by atoms with Gasteiger partial charge in [-0.2, -0.15) is 13.2 Å². The van der Waals surface area contributed by atoms with E-state index >= 15 is 0 Å². The first-order valence-electron chi connectivity index (χ1n) is 13.4. The third-order valence-corrected chi connectivity index (χ3v) is 6.89. The molecule has 12 heteroatoms. The monoisotopic (exact) mass is 592 g/mol. The van der Waals surface area contributed by atoms with Gasteiger partial charge in [0.05, 0.1) is 17.7 Å². The molecule has 4 aromatic rings. The second-order valence-electron chi connectivity index (χ2n) is 9.78. The van der Waals surface area contributed by atoms with E-state index in [2.05, 4.69) is 10.5 Å². The smallest absolute Gasteiger partial charge is 0.417 e. The third-order valence-electron chi connectivity index (χ3n) is 6.89. The van der Waals surface area contributed by atoms with Crippen molar-refractivity contribution in [2.45, 2.75) is 12.8 Å². The predicted molar refractivity (Wildman–Crippen MR) is 149 cm³/mol. The summed E-state index contributed by atoms with van der Waals surface area (Å²) in [6.07, 6.45) is -4.66. The molecule has 0 aliphatic carbocycles. The summed E-state index contributed by atoms with van der Waals surface area (Å²) < 4.78 is 51.2. The maximum atomic E-state index is 13.3. The quantitative estimate of drug-likeness (QED) is 0.319. The van der Waals surface area contributed by atoms with Crippen molar-refractivity contribution in [2.24, 2.45) is 0 Å². The summed E-state index contributed by atoms with van der Waals surface area (Å²) in [5.41, 5.74) is 0.223. The fourth-order valence-corrected chi connectivity index (χ4v) is 4.60. The highest BCUT2D eigenvalue weighted by atomic mass is 19.4. The number of benzene rings is 3. The zero-order valence-corrected chi connectivity index (χ0v) is 22.8. The van der Waals surface area contributed by atoms with E-state index in [0.29, 0.717) is 23.7 Å². The zero-order valence-electron chi connectivity index (χ0n) is 22.8. The molecule has 1 saturated heterocycles. The second-order valence-corrected chi connectivity index (χ2v) is 9.78. The minimum atomic E-state index is -4.66. The van der Waals surface area contributed by atoms with E-state index in [1.54, 1.807) is 24.3 Å². The number of halogens is 3. The molecule has 1 aromatic heterocycles. The minimum Gasteiger partial charge on any atom is -0.489 e. The van der Waals surface area contributed by atoms with Crippen LogP contribution in [0.25, 0.3) is 11.3 Å². The lowest BCUT2D eigenvalue weighted by molar-refractivity contribution is -0.138. The number of rotatable bonds is 8. The van der Waals surface area contributed by atoms with E-state index < -0.39 is 35.0 Å². The first kappa shape index (κ1) is 29.4. The topological polar surface area (TPSA) is 105 Å². The SMILES string of the molecule is O=C(NCC(=O)N1CCN(C(=O)c2ccccc2C(F)(F)F)CC1)c1cc(-c2cccc(OCc3ccccc3)c2)on1. The van der Waals surface area contributed by atoms with Crippen LogP contribution in [-0.2, 0) is 17.6 Å². The molecule has 3 amide bonds. The summed E-state index contributed by atoms with van der Waals surface area (Å²) in [4.78, 5) is 40.8. The molecule has 0 unspecified atom stereocenters. The van der Waals surface area contributed by atoms with Gasteiger partial charge in [-0.3, -0.25) is 14.4 Å². The number of piperazine rings is 1. The Morgan fingerprint density at radius 2 is 1.56 bits per heavy atom. The van der Waals surface area contributed by atoms with Gasteiger partial charge in [0, 0.05) is 37.8 Å². The molecule has 1 N–H and O–H groups in total. The summed E-state index contributed by atoms with van der Waals surface area (Å²) >= 11 is 0. The van der Waals surface area contributed by atoms with E-state index in [0.717, 1.165) is 17.7 Å². The number of aromatic nitrogens is 1. The van der Waals surface area contributed by atoms with Crippen molar-refractivity contribution in [3.63, 3.8) is 0 Å². The molecule has 0 atom stereocenters. The van der Waals surface area contributed by atoms with Gasteiger partial charge in [-0.05, 0) is 29.8 Å². The Labute approximate surface area is 244 Å². The number of hydrogen-bond acceptors (Lipinski definition) is 6. The molecule has 5 rings (SSSR count). The van der Waals surface area contributed by atoms with Crippen molar-refractivity contribution in [3.05, 3.63) is 107 Å². The molecule has 1 fully saturated rings. The average molecular weight is 593 g/mol. The van der Waals surface area contributed by atoms with Gasteiger partial charge >= 0.3 is 6.18 Å². The van der Waals surface area contributed by atoms with Crippen LogP contribution >= 0.6 is 0 Å². The third kappa shape index (κ3) is 7.21. The van der Waals surface area contributed by atoms with Gasteiger partial charge in [0.25, 0.3) is 11.8 Å². The van der Waals surface area contributed by atoms with Gasteiger partial charge in [0.15, 0.2) is 11.5 Å². The molecule has 9 nitrogen and oxygen atoms in total. The van der Waals surface area contributed by atoms with Crippen LogP contribution in [0.2, 0.25) is 0 Å². The summed E-state index contributed by atoms with van der Waals surface area (Å²) in [5, 5.41) is 6.32. The largest absolute Gasteiger partial charge is 0.489 e. The lowest BCUT2D eigenvalue weighted by atomic mass is 10.1. The van der Waals surface area contributed by atoms with Crippen molar-refractivity contribution >= 4 is 17.7 Å². The molecule has 0 radical (unpaired) electrons. The Bertz CT molecular complexity index is 1600. The van der Waals surface area contributed by atoms with Gasteiger partial charge < -0.3 is 24.4 Å². The summed E-state index contributed by atoms with van der Waals surface area (Å²) in [6, 6.07) is 22.9. The molecule has 0 bridgehead atoms. The van der Waals surface area contributed by atoms with Crippen molar-refractivity contribution < 1.29 is 36.8 Å². The normalized spacial score (nSPS) is 13.5. The Morgan fingerprint density at radius 1 is 0.860 bits per heavy atom. The maximum Gasteiger partial charge on any atom is 0.417 e. The Balaban J connectivity index is 1.11. The number of hydrogen-bond donors (Lipinski definition) is 1. The molecule has 0 spiro atoms. The van der Waals surface area contributed by atoms with E-state index in [1.807, 2.05) is 30.3 Å². The van der Waals surface area contributed by atoms with Crippen LogP contribution in [0.5, 0.6) is 5.75 Å². The summed E-state index contributed by atoms with van der Waals surface area (Å²) in [7, 11) is 0. The van der Waals surface area contributed by atoms with Gasteiger partial charge in [0.2, 0.25) is 5.91 Å². The summed E-state index contributed by atoms with van der Waals surface area (Å²) in [5.74, 6) is -0.806. The molecule has 43 heavy (non-hydrogen) atoms. The van der Waals surface area contributed by atoms with Crippen LogP contribution in [-0.4, -0.2) is 65.4 Å². The van der Waals surface area contributed by atoms with Crippen molar-refractivity contribution in [1.29, 1.82) is 0 Å². The van der Waals surface area contributed by atoms with Gasteiger partial charge in [0.1, 0.15) is 12.4 Å². The van der Waals surface area contributed by atoms with E-state index in [-0.39, 0.29) is 38.4 Å². The Hall–Kier alpha value is -5.13. The van der Waals surface area contributed by atoms with Crippen molar-refractivity contribution in [1.82, 2.24) is 20.3 Å². The lowest BCUT2D eigenvalue weighted by Gasteiger charge is -2.35. The molecule has 2 heterocycles.